The molecule has 9 heteroatoms. The highest BCUT2D eigenvalue weighted by molar-refractivity contribution is 6.05. The number of halogens is 1. The number of anilines is 1. The Labute approximate surface area is 195 Å². The SMILES string of the molecule is Cl.O=C1CCC(N2Cc3cc(N4CCC(CN5CCNCC5)CC4)ccc3C2=O)C(=O)N1. The van der Waals surface area contributed by atoms with Gasteiger partial charge in [-0.2, -0.15) is 0 Å². The minimum Gasteiger partial charge on any atom is -0.372 e. The number of piperidine rings is 2. The number of carbonyl (C=O) groups is 3. The van der Waals surface area contributed by atoms with Crippen LogP contribution in [0, 0.1) is 5.92 Å². The second-order valence-electron chi connectivity index (χ2n) is 9.22. The van der Waals surface area contributed by atoms with Gasteiger partial charge in [0.25, 0.3) is 5.91 Å². The Hall–Kier alpha value is -2.16. The van der Waals surface area contributed by atoms with Gasteiger partial charge in [0.05, 0.1) is 0 Å². The standard InChI is InChI=1S/C23H31N5O3.ClH/c29-21-4-3-20(22(30)25-21)28-15-17-13-18(1-2-19(17)23(28)31)27-9-5-16(6-10-27)14-26-11-7-24-8-12-26;/h1-2,13,16,20,24H,3-12,14-15H2,(H,25,29,30);1H. The van der Waals surface area contributed by atoms with Crippen molar-refractivity contribution in [3.63, 3.8) is 0 Å². The summed E-state index contributed by atoms with van der Waals surface area (Å²) in [6.07, 6.45) is 3.08. The molecule has 4 heterocycles. The quantitative estimate of drug-likeness (QED) is 0.650. The molecule has 3 amide bonds. The van der Waals surface area contributed by atoms with Crippen molar-refractivity contribution in [2.24, 2.45) is 5.92 Å². The smallest absolute Gasteiger partial charge is 0.255 e. The second kappa shape index (κ2) is 9.77. The van der Waals surface area contributed by atoms with E-state index in [1.165, 1.54) is 19.4 Å². The van der Waals surface area contributed by atoms with E-state index in [1.807, 2.05) is 12.1 Å². The van der Waals surface area contributed by atoms with Crippen molar-refractivity contribution >= 4 is 35.8 Å². The third kappa shape index (κ3) is 4.63. The fraction of sp³-hybridized carbons (Fsp3) is 0.609. The molecule has 0 aliphatic carbocycles. The summed E-state index contributed by atoms with van der Waals surface area (Å²) in [6, 6.07) is 5.52. The number of nitrogens with zero attached hydrogens (tertiary/aromatic N) is 3. The summed E-state index contributed by atoms with van der Waals surface area (Å²) in [6.45, 7) is 8.24. The average molecular weight is 462 g/mol. The lowest BCUT2D eigenvalue weighted by atomic mass is 9.95. The lowest BCUT2D eigenvalue weighted by Crippen LogP contribution is -2.52. The van der Waals surface area contributed by atoms with Gasteiger partial charge in [0.2, 0.25) is 11.8 Å². The Morgan fingerprint density at radius 3 is 2.44 bits per heavy atom. The number of rotatable bonds is 4. The zero-order valence-electron chi connectivity index (χ0n) is 18.3. The van der Waals surface area contributed by atoms with E-state index in [0.29, 0.717) is 18.5 Å². The monoisotopic (exact) mass is 461 g/mol. The maximum Gasteiger partial charge on any atom is 0.255 e. The largest absolute Gasteiger partial charge is 0.372 e. The topological polar surface area (TPSA) is 85.0 Å². The van der Waals surface area contributed by atoms with E-state index in [4.69, 9.17) is 0 Å². The first-order chi connectivity index (χ1) is 15.1. The summed E-state index contributed by atoms with van der Waals surface area (Å²) >= 11 is 0. The molecule has 0 saturated carbocycles. The van der Waals surface area contributed by atoms with Crippen molar-refractivity contribution in [3.05, 3.63) is 29.3 Å². The fourth-order valence-corrected chi connectivity index (χ4v) is 5.39. The third-order valence-electron chi connectivity index (χ3n) is 7.21. The highest BCUT2D eigenvalue weighted by atomic mass is 35.5. The molecule has 0 bridgehead atoms. The minimum absolute atomic E-state index is 0. The zero-order valence-corrected chi connectivity index (χ0v) is 19.2. The van der Waals surface area contributed by atoms with E-state index < -0.39 is 6.04 Å². The molecule has 8 nitrogen and oxygen atoms in total. The van der Waals surface area contributed by atoms with Crippen molar-refractivity contribution in [2.45, 2.75) is 38.3 Å². The van der Waals surface area contributed by atoms with Crippen molar-refractivity contribution in [1.82, 2.24) is 20.4 Å². The molecule has 2 N–H and O–H groups in total. The van der Waals surface area contributed by atoms with Crippen LogP contribution in [0.15, 0.2) is 18.2 Å². The number of hydrogen-bond donors (Lipinski definition) is 2. The molecule has 1 aromatic rings. The lowest BCUT2D eigenvalue weighted by molar-refractivity contribution is -0.136. The van der Waals surface area contributed by atoms with Crippen LogP contribution in [-0.4, -0.2) is 79.4 Å². The summed E-state index contributed by atoms with van der Waals surface area (Å²) in [7, 11) is 0. The van der Waals surface area contributed by atoms with Crippen LogP contribution in [0.3, 0.4) is 0 Å². The maximum atomic E-state index is 12.9. The van der Waals surface area contributed by atoms with Crippen LogP contribution in [0.1, 0.15) is 41.6 Å². The minimum atomic E-state index is -0.554. The number of nitrogens with one attached hydrogen (secondary N) is 2. The first kappa shape index (κ1) is 23.0. The summed E-state index contributed by atoms with van der Waals surface area (Å²) in [5, 5.41) is 5.78. The zero-order chi connectivity index (χ0) is 21.4. The second-order valence-corrected chi connectivity index (χ2v) is 9.22. The number of fused-ring (bicyclic) bond motifs is 1. The van der Waals surface area contributed by atoms with Crippen LogP contribution in [0.4, 0.5) is 5.69 Å². The van der Waals surface area contributed by atoms with Gasteiger partial charge in [-0.05, 0) is 48.9 Å². The van der Waals surface area contributed by atoms with Crippen LogP contribution in [0.5, 0.6) is 0 Å². The van der Waals surface area contributed by atoms with Crippen LogP contribution in [0.2, 0.25) is 0 Å². The predicted molar refractivity (Wildman–Crippen MR) is 124 cm³/mol. The predicted octanol–water partition coefficient (Wildman–Crippen LogP) is 0.991. The van der Waals surface area contributed by atoms with Gasteiger partial charge in [0.15, 0.2) is 0 Å². The molecule has 0 spiro atoms. The molecule has 3 fully saturated rings. The van der Waals surface area contributed by atoms with Gasteiger partial charge in [-0.3, -0.25) is 19.7 Å². The van der Waals surface area contributed by atoms with Gasteiger partial charge < -0.3 is 20.0 Å². The molecule has 1 unspecified atom stereocenters. The van der Waals surface area contributed by atoms with E-state index in [9.17, 15) is 14.4 Å². The molecule has 0 radical (unpaired) electrons. The van der Waals surface area contributed by atoms with Crippen molar-refractivity contribution in [3.8, 4) is 0 Å². The van der Waals surface area contributed by atoms with E-state index in [-0.39, 0.29) is 36.5 Å². The molecule has 5 rings (SSSR count). The molecule has 4 aliphatic heterocycles. The van der Waals surface area contributed by atoms with E-state index in [1.54, 1.807) is 4.90 Å². The van der Waals surface area contributed by atoms with Crippen molar-refractivity contribution in [2.75, 3.05) is 50.7 Å². The van der Waals surface area contributed by atoms with E-state index in [2.05, 4.69) is 26.5 Å². The Kier molecular flexibility index (Phi) is 7.02. The molecule has 0 aromatic heterocycles. The lowest BCUT2D eigenvalue weighted by Gasteiger charge is -2.37. The maximum absolute atomic E-state index is 12.9. The Morgan fingerprint density at radius 1 is 0.969 bits per heavy atom. The number of carbonyl (C=O) groups excluding carboxylic acids is 3. The molecule has 32 heavy (non-hydrogen) atoms. The molecule has 4 aliphatic rings. The van der Waals surface area contributed by atoms with Crippen LogP contribution in [-0.2, 0) is 16.1 Å². The Balaban J connectivity index is 0.00000245. The van der Waals surface area contributed by atoms with Crippen molar-refractivity contribution in [1.29, 1.82) is 0 Å². The van der Waals surface area contributed by atoms with Crippen molar-refractivity contribution < 1.29 is 14.4 Å². The number of imide groups is 1. The normalized spacial score (nSPS) is 24.9. The molecular formula is C23H32ClN5O3. The summed E-state index contributed by atoms with van der Waals surface area (Å²) in [4.78, 5) is 43.2. The molecular weight excluding hydrogens is 430 g/mol. The molecule has 1 atom stereocenters. The highest BCUT2D eigenvalue weighted by Crippen LogP contribution is 2.32. The van der Waals surface area contributed by atoms with Gasteiger partial charge in [-0.1, -0.05) is 0 Å². The van der Waals surface area contributed by atoms with E-state index >= 15 is 0 Å². The van der Waals surface area contributed by atoms with Crippen LogP contribution >= 0.6 is 12.4 Å². The summed E-state index contributed by atoms with van der Waals surface area (Å²) in [5.41, 5.74) is 2.83. The van der Waals surface area contributed by atoms with Gasteiger partial charge >= 0.3 is 0 Å². The summed E-state index contributed by atoms with van der Waals surface area (Å²) in [5.74, 6) is 0.0383. The molecule has 1 aromatic carbocycles. The van der Waals surface area contributed by atoms with Crippen LogP contribution in [0.25, 0.3) is 0 Å². The fourth-order valence-electron chi connectivity index (χ4n) is 5.39. The number of amides is 3. The van der Waals surface area contributed by atoms with Gasteiger partial charge in [0.1, 0.15) is 6.04 Å². The van der Waals surface area contributed by atoms with Crippen LogP contribution < -0.4 is 15.5 Å². The average Bonchev–Trinajstić information content (AvgIpc) is 3.10. The van der Waals surface area contributed by atoms with Gasteiger partial charge in [0, 0.05) is 70.0 Å². The Morgan fingerprint density at radius 2 is 1.72 bits per heavy atom. The highest BCUT2D eigenvalue weighted by Gasteiger charge is 2.39. The van der Waals surface area contributed by atoms with Gasteiger partial charge in [-0.25, -0.2) is 0 Å². The number of benzene rings is 1. The van der Waals surface area contributed by atoms with Gasteiger partial charge in [-0.15, -0.1) is 12.4 Å². The first-order valence-electron chi connectivity index (χ1n) is 11.5. The third-order valence-corrected chi connectivity index (χ3v) is 7.21. The summed E-state index contributed by atoms with van der Waals surface area (Å²) < 4.78 is 0. The molecule has 174 valence electrons. The van der Waals surface area contributed by atoms with E-state index in [0.717, 1.165) is 56.4 Å². The first-order valence-corrected chi connectivity index (χ1v) is 11.5. The molecule has 3 saturated heterocycles. The number of hydrogen-bond acceptors (Lipinski definition) is 6. The Bertz CT molecular complexity index is 880. The number of piperazine rings is 1.